The van der Waals surface area contributed by atoms with Crippen LogP contribution in [0.15, 0.2) is 12.1 Å². The first-order chi connectivity index (χ1) is 8.13. The molecule has 1 aliphatic heterocycles. The first-order valence-corrected chi connectivity index (χ1v) is 6.30. The second kappa shape index (κ2) is 5.99. The summed E-state index contributed by atoms with van der Waals surface area (Å²) in [4.78, 5) is 2.15. The van der Waals surface area contributed by atoms with Crippen molar-refractivity contribution in [3.8, 4) is 0 Å². The van der Waals surface area contributed by atoms with Crippen molar-refractivity contribution in [1.29, 1.82) is 0 Å². The summed E-state index contributed by atoms with van der Waals surface area (Å²) >= 11 is 0. The zero-order chi connectivity index (χ0) is 13.0. The average Bonchev–Trinajstić information content (AvgIpc) is 2.72. The maximum absolute atomic E-state index is 12.7. The molecule has 0 bridgehead atoms. The minimum absolute atomic E-state index is 0.175. The molecule has 0 spiro atoms. The highest BCUT2D eigenvalue weighted by molar-refractivity contribution is 5.61. The Kier molecular flexibility index (Phi) is 4.91. The van der Waals surface area contributed by atoms with Gasteiger partial charge in [-0.05, 0) is 37.5 Å². The molecule has 0 saturated heterocycles. The molecule has 0 amide bonds. The first kappa shape index (κ1) is 13.9. The lowest BCUT2D eigenvalue weighted by atomic mass is 10.0. The number of anilines is 1. The van der Waals surface area contributed by atoms with Crippen molar-refractivity contribution in [3.63, 3.8) is 0 Å². The fraction of sp³-hybridized carbons (Fsp3) is 0.571. The predicted molar refractivity (Wildman–Crippen MR) is 69.1 cm³/mol. The number of rotatable bonds is 2. The molecule has 0 radical (unpaired) electrons. The zero-order valence-electron chi connectivity index (χ0n) is 11.1. The summed E-state index contributed by atoms with van der Waals surface area (Å²) in [5.41, 5.74) is 3.09. The third-order valence-electron chi connectivity index (χ3n) is 3.08. The lowest BCUT2D eigenvalue weighted by molar-refractivity contribution is 0.150. The van der Waals surface area contributed by atoms with E-state index < -0.39 is 6.43 Å². The standard InChI is InChI=1S/C12H15F2N.C2H6/c1-3-15-5-4-9-6-8(2)10(12(13)14)7-11(9)15;1-2/h6-7,12H,3-5H2,1-2H3;1-2H3. The molecule has 0 aromatic heterocycles. The van der Waals surface area contributed by atoms with Crippen LogP contribution >= 0.6 is 0 Å². The largest absolute Gasteiger partial charge is 0.371 e. The van der Waals surface area contributed by atoms with Gasteiger partial charge in [0.15, 0.2) is 0 Å². The van der Waals surface area contributed by atoms with Crippen LogP contribution in [0, 0.1) is 6.92 Å². The van der Waals surface area contributed by atoms with Gasteiger partial charge in [0, 0.05) is 24.3 Å². The highest BCUT2D eigenvalue weighted by Gasteiger charge is 2.21. The van der Waals surface area contributed by atoms with Crippen LogP contribution in [0.4, 0.5) is 14.5 Å². The number of hydrogen-bond acceptors (Lipinski definition) is 1. The van der Waals surface area contributed by atoms with Crippen LogP contribution < -0.4 is 4.90 Å². The molecule has 2 rings (SSSR count). The molecule has 0 aliphatic carbocycles. The molecule has 1 aliphatic rings. The van der Waals surface area contributed by atoms with Gasteiger partial charge in [-0.2, -0.15) is 0 Å². The van der Waals surface area contributed by atoms with Gasteiger partial charge in [-0.3, -0.25) is 0 Å². The lowest BCUT2D eigenvalue weighted by Gasteiger charge is -2.18. The van der Waals surface area contributed by atoms with Crippen molar-refractivity contribution in [2.45, 2.75) is 40.5 Å². The van der Waals surface area contributed by atoms with E-state index in [1.165, 1.54) is 5.56 Å². The van der Waals surface area contributed by atoms with Crippen molar-refractivity contribution in [1.82, 2.24) is 0 Å². The molecule has 0 N–H and O–H groups in total. The van der Waals surface area contributed by atoms with Gasteiger partial charge in [-0.1, -0.05) is 19.9 Å². The van der Waals surface area contributed by atoms with E-state index in [0.29, 0.717) is 5.56 Å². The van der Waals surface area contributed by atoms with Gasteiger partial charge in [0.25, 0.3) is 6.43 Å². The van der Waals surface area contributed by atoms with Gasteiger partial charge < -0.3 is 4.90 Å². The molecule has 3 heteroatoms. The Morgan fingerprint density at radius 2 is 1.94 bits per heavy atom. The molecule has 96 valence electrons. The number of benzene rings is 1. The van der Waals surface area contributed by atoms with Crippen LogP contribution in [0.25, 0.3) is 0 Å². The topological polar surface area (TPSA) is 3.24 Å². The van der Waals surface area contributed by atoms with Crippen LogP contribution in [-0.4, -0.2) is 13.1 Å². The average molecular weight is 241 g/mol. The monoisotopic (exact) mass is 241 g/mol. The maximum atomic E-state index is 12.7. The quantitative estimate of drug-likeness (QED) is 0.744. The fourth-order valence-corrected chi connectivity index (χ4v) is 2.21. The summed E-state index contributed by atoms with van der Waals surface area (Å²) in [6, 6.07) is 3.57. The number of alkyl halides is 2. The molecule has 1 aromatic carbocycles. The van der Waals surface area contributed by atoms with E-state index in [-0.39, 0.29) is 5.56 Å². The van der Waals surface area contributed by atoms with E-state index in [0.717, 1.165) is 25.2 Å². The molecule has 0 atom stereocenters. The Bertz CT molecular complexity index is 375. The summed E-state index contributed by atoms with van der Waals surface area (Å²) in [7, 11) is 0. The Morgan fingerprint density at radius 3 is 2.47 bits per heavy atom. The van der Waals surface area contributed by atoms with Gasteiger partial charge in [0.05, 0.1) is 0 Å². The fourth-order valence-electron chi connectivity index (χ4n) is 2.21. The van der Waals surface area contributed by atoms with E-state index in [2.05, 4.69) is 11.8 Å². The maximum Gasteiger partial charge on any atom is 0.264 e. The minimum atomic E-state index is -2.37. The molecule has 0 fully saturated rings. The SMILES string of the molecule is CC.CCN1CCc2cc(C)c(C(F)F)cc21. The molecular weight excluding hydrogens is 220 g/mol. The Hall–Kier alpha value is -1.12. The van der Waals surface area contributed by atoms with Crippen LogP contribution in [0.2, 0.25) is 0 Å². The third-order valence-corrected chi connectivity index (χ3v) is 3.08. The molecule has 1 heterocycles. The van der Waals surface area contributed by atoms with Crippen molar-refractivity contribution in [2.75, 3.05) is 18.0 Å². The van der Waals surface area contributed by atoms with Crippen LogP contribution in [0.5, 0.6) is 0 Å². The summed E-state index contributed by atoms with van der Waals surface area (Å²) in [6.45, 7) is 9.66. The number of hydrogen-bond donors (Lipinski definition) is 0. The van der Waals surface area contributed by atoms with Crippen molar-refractivity contribution in [3.05, 3.63) is 28.8 Å². The first-order valence-electron chi connectivity index (χ1n) is 6.30. The third kappa shape index (κ3) is 2.76. The minimum Gasteiger partial charge on any atom is -0.371 e. The van der Waals surface area contributed by atoms with Crippen molar-refractivity contribution in [2.24, 2.45) is 0 Å². The smallest absolute Gasteiger partial charge is 0.264 e. The second-order valence-corrected chi connectivity index (χ2v) is 3.97. The zero-order valence-corrected chi connectivity index (χ0v) is 11.1. The molecule has 0 saturated carbocycles. The summed E-state index contributed by atoms with van der Waals surface area (Å²) in [6.07, 6.45) is -1.39. The molecule has 1 nitrogen and oxygen atoms in total. The number of fused-ring (bicyclic) bond motifs is 1. The predicted octanol–water partition coefficient (Wildman–Crippen LogP) is 4.34. The van der Waals surface area contributed by atoms with E-state index in [1.807, 2.05) is 19.9 Å². The molecule has 0 unspecified atom stereocenters. The normalized spacial score (nSPS) is 13.5. The Balaban J connectivity index is 0.000000686. The number of halogens is 2. The highest BCUT2D eigenvalue weighted by Crippen LogP contribution is 2.34. The number of nitrogens with zero attached hydrogens (tertiary/aromatic N) is 1. The molecule has 1 aromatic rings. The number of aryl methyl sites for hydroxylation is 1. The van der Waals surface area contributed by atoms with Gasteiger partial charge in [-0.25, -0.2) is 8.78 Å². The Labute approximate surface area is 102 Å². The van der Waals surface area contributed by atoms with E-state index in [4.69, 9.17) is 0 Å². The van der Waals surface area contributed by atoms with Gasteiger partial charge in [0.1, 0.15) is 0 Å². The van der Waals surface area contributed by atoms with Crippen molar-refractivity contribution < 1.29 is 8.78 Å². The van der Waals surface area contributed by atoms with Crippen LogP contribution in [-0.2, 0) is 6.42 Å². The van der Waals surface area contributed by atoms with Gasteiger partial charge in [-0.15, -0.1) is 0 Å². The lowest BCUT2D eigenvalue weighted by Crippen LogP contribution is -2.19. The highest BCUT2D eigenvalue weighted by atomic mass is 19.3. The van der Waals surface area contributed by atoms with Crippen LogP contribution in [0.3, 0.4) is 0 Å². The molecule has 17 heavy (non-hydrogen) atoms. The summed E-state index contributed by atoms with van der Waals surface area (Å²) in [5.74, 6) is 0. The van der Waals surface area contributed by atoms with E-state index in [1.54, 1.807) is 13.0 Å². The van der Waals surface area contributed by atoms with Crippen molar-refractivity contribution >= 4 is 5.69 Å². The summed E-state index contributed by atoms with van der Waals surface area (Å²) in [5, 5.41) is 0. The Morgan fingerprint density at radius 1 is 1.29 bits per heavy atom. The van der Waals surface area contributed by atoms with Crippen LogP contribution in [0.1, 0.15) is 43.9 Å². The number of likely N-dealkylation sites (N-methyl/N-ethyl adjacent to an activating group) is 1. The second-order valence-electron chi connectivity index (χ2n) is 3.97. The van der Waals surface area contributed by atoms with E-state index >= 15 is 0 Å². The van der Waals surface area contributed by atoms with Gasteiger partial charge in [0.2, 0.25) is 0 Å². The van der Waals surface area contributed by atoms with E-state index in [9.17, 15) is 8.78 Å². The molecular formula is C14H21F2N. The summed E-state index contributed by atoms with van der Waals surface area (Å²) < 4.78 is 25.4. The van der Waals surface area contributed by atoms with Gasteiger partial charge >= 0.3 is 0 Å².